The van der Waals surface area contributed by atoms with Gasteiger partial charge >= 0.3 is 0 Å². The summed E-state index contributed by atoms with van der Waals surface area (Å²) < 4.78 is 31.9. The molecule has 1 aromatic carbocycles. The van der Waals surface area contributed by atoms with Gasteiger partial charge < -0.3 is 10.5 Å². The van der Waals surface area contributed by atoms with Gasteiger partial charge in [-0.2, -0.15) is 4.31 Å². The zero-order valence-electron chi connectivity index (χ0n) is 11.1. The largest absolute Gasteiger partial charge is 0.383 e. The third kappa shape index (κ3) is 4.00. The van der Waals surface area contributed by atoms with Crippen LogP contribution >= 0.6 is 15.9 Å². The third-order valence-electron chi connectivity index (χ3n) is 2.75. The van der Waals surface area contributed by atoms with Crippen LogP contribution in [0.2, 0.25) is 0 Å². The number of rotatable bonds is 7. The summed E-state index contributed by atoms with van der Waals surface area (Å²) in [5, 5.41) is 0. The lowest BCUT2D eigenvalue weighted by Gasteiger charge is -2.21. The summed E-state index contributed by atoms with van der Waals surface area (Å²) in [6.45, 7) is 3.28. The SMILES string of the molecule is CCN(CCOC)S(=O)(=O)c1ccc(CN)cc1Br. The number of halogens is 1. The number of benzene rings is 1. The fourth-order valence-electron chi connectivity index (χ4n) is 1.66. The van der Waals surface area contributed by atoms with Crippen molar-refractivity contribution in [3.8, 4) is 0 Å². The highest BCUT2D eigenvalue weighted by atomic mass is 79.9. The molecule has 1 rings (SSSR count). The quantitative estimate of drug-likeness (QED) is 0.809. The molecule has 2 N–H and O–H groups in total. The Morgan fingerprint density at radius 3 is 2.58 bits per heavy atom. The summed E-state index contributed by atoms with van der Waals surface area (Å²) in [7, 11) is -1.97. The molecule has 19 heavy (non-hydrogen) atoms. The Labute approximate surface area is 122 Å². The highest BCUT2D eigenvalue weighted by Crippen LogP contribution is 2.26. The number of ether oxygens (including phenoxy) is 1. The van der Waals surface area contributed by atoms with E-state index in [0.29, 0.717) is 30.7 Å². The number of likely N-dealkylation sites (N-methyl/N-ethyl adjacent to an activating group) is 1. The van der Waals surface area contributed by atoms with Crippen molar-refractivity contribution in [3.63, 3.8) is 0 Å². The van der Waals surface area contributed by atoms with E-state index in [-0.39, 0.29) is 4.90 Å². The van der Waals surface area contributed by atoms with Crippen LogP contribution in [0.4, 0.5) is 0 Å². The monoisotopic (exact) mass is 350 g/mol. The second kappa shape index (κ2) is 7.35. The molecule has 0 atom stereocenters. The fourth-order valence-corrected chi connectivity index (χ4v) is 4.18. The predicted octanol–water partition coefficient (Wildman–Crippen LogP) is 1.56. The van der Waals surface area contributed by atoms with Gasteiger partial charge in [0.05, 0.1) is 11.5 Å². The minimum absolute atomic E-state index is 0.252. The van der Waals surface area contributed by atoms with Gasteiger partial charge in [0.25, 0.3) is 0 Å². The Kier molecular flexibility index (Phi) is 6.41. The van der Waals surface area contributed by atoms with Crippen molar-refractivity contribution in [2.75, 3.05) is 26.8 Å². The summed E-state index contributed by atoms with van der Waals surface area (Å²) in [6, 6.07) is 5.04. The first-order chi connectivity index (χ1) is 8.97. The van der Waals surface area contributed by atoms with Crippen LogP contribution in [0.25, 0.3) is 0 Å². The second-order valence-corrected chi connectivity index (χ2v) is 6.72. The molecule has 0 unspecified atom stereocenters. The smallest absolute Gasteiger partial charge is 0.244 e. The molecule has 0 aromatic heterocycles. The lowest BCUT2D eigenvalue weighted by molar-refractivity contribution is 0.180. The molecule has 0 saturated heterocycles. The van der Waals surface area contributed by atoms with Crippen LogP contribution in [-0.2, 0) is 21.3 Å². The zero-order chi connectivity index (χ0) is 14.5. The van der Waals surface area contributed by atoms with Crippen molar-refractivity contribution in [1.82, 2.24) is 4.31 Å². The van der Waals surface area contributed by atoms with Gasteiger partial charge in [-0.3, -0.25) is 0 Å². The number of nitrogens with two attached hydrogens (primary N) is 1. The average Bonchev–Trinajstić information content (AvgIpc) is 2.38. The van der Waals surface area contributed by atoms with E-state index in [1.165, 1.54) is 4.31 Å². The van der Waals surface area contributed by atoms with Gasteiger partial charge in [-0.25, -0.2) is 8.42 Å². The van der Waals surface area contributed by atoms with Crippen LogP contribution in [0, 0.1) is 0 Å². The molecular weight excluding hydrogens is 332 g/mol. The molecule has 0 bridgehead atoms. The summed E-state index contributed by atoms with van der Waals surface area (Å²) in [4.78, 5) is 0.252. The minimum Gasteiger partial charge on any atom is -0.383 e. The number of hydrogen-bond acceptors (Lipinski definition) is 4. The Hall–Kier alpha value is -0.470. The van der Waals surface area contributed by atoms with Gasteiger partial charge in [-0.05, 0) is 33.6 Å². The molecular formula is C12H19BrN2O3S. The van der Waals surface area contributed by atoms with Gasteiger partial charge in [0.15, 0.2) is 0 Å². The molecule has 0 heterocycles. The highest BCUT2D eigenvalue weighted by molar-refractivity contribution is 9.10. The first-order valence-corrected chi connectivity index (χ1v) is 8.18. The van der Waals surface area contributed by atoms with E-state index in [9.17, 15) is 8.42 Å². The fraction of sp³-hybridized carbons (Fsp3) is 0.500. The van der Waals surface area contributed by atoms with E-state index in [1.807, 2.05) is 0 Å². The maximum Gasteiger partial charge on any atom is 0.244 e. The highest BCUT2D eigenvalue weighted by Gasteiger charge is 2.25. The van der Waals surface area contributed by atoms with Crippen LogP contribution in [0.5, 0.6) is 0 Å². The summed E-state index contributed by atoms with van der Waals surface area (Å²) >= 11 is 3.30. The van der Waals surface area contributed by atoms with E-state index < -0.39 is 10.0 Å². The molecule has 0 saturated carbocycles. The van der Waals surface area contributed by atoms with Crippen LogP contribution < -0.4 is 5.73 Å². The predicted molar refractivity (Wildman–Crippen MR) is 78.3 cm³/mol. The molecule has 0 radical (unpaired) electrons. The molecule has 0 spiro atoms. The molecule has 0 fully saturated rings. The lowest BCUT2D eigenvalue weighted by Crippen LogP contribution is -2.34. The van der Waals surface area contributed by atoms with Crippen LogP contribution in [0.1, 0.15) is 12.5 Å². The van der Waals surface area contributed by atoms with Gasteiger partial charge in [0.1, 0.15) is 0 Å². The second-order valence-electron chi connectivity index (χ2n) is 3.96. The number of nitrogens with zero attached hydrogens (tertiary/aromatic N) is 1. The van der Waals surface area contributed by atoms with Crippen molar-refractivity contribution in [2.45, 2.75) is 18.4 Å². The standard InChI is InChI=1S/C12H19BrN2O3S/c1-3-15(6-7-18-2)19(16,17)12-5-4-10(9-14)8-11(12)13/h4-5,8H,3,6-7,9,14H2,1-2H3. The van der Waals surface area contributed by atoms with Crippen LogP contribution in [-0.4, -0.2) is 39.5 Å². The average molecular weight is 351 g/mol. The topological polar surface area (TPSA) is 72.6 Å². The molecule has 1 aromatic rings. The van der Waals surface area contributed by atoms with E-state index in [2.05, 4.69) is 15.9 Å². The van der Waals surface area contributed by atoms with Crippen LogP contribution in [0.15, 0.2) is 27.6 Å². The lowest BCUT2D eigenvalue weighted by atomic mass is 10.2. The summed E-state index contributed by atoms with van der Waals surface area (Å²) in [5.41, 5.74) is 6.41. The minimum atomic E-state index is -3.51. The van der Waals surface area contributed by atoms with E-state index in [4.69, 9.17) is 10.5 Å². The number of methoxy groups -OCH3 is 1. The molecule has 5 nitrogen and oxygen atoms in total. The van der Waals surface area contributed by atoms with E-state index in [0.717, 1.165) is 5.56 Å². The number of sulfonamides is 1. The van der Waals surface area contributed by atoms with E-state index in [1.54, 1.807) is 32.2 Å². The third-order valence-corrected chi connectivity index (χ3v) is 5.70. The van der Waals surface area contributed by atoms with Crippen molar-refractivity contribution in [1.29, 1.82) is 0 Å². The Balaban J connectivity index is 3.11. The molecule has 0 aliphatic heterocycles. The van der Waals surface area contributed by atoms with Crippen molar-refractivity contribution < 1.29 is 13.2 Å². The number of hydrogen-bond donors (Lipinski definition) is 1. The van der Waals surface area contributed by atoms with Crippen LogP contribution in [0.3, 0.4) is 0 Å². The zero-order valence-corrected chi connectivity index (χ0v) is 13.5. The maximum atomic E-state index is 12.5. The summed E-state index contributed by atoms with van der Waals surface area (Å²) in [5.74, 6) is 0. The molecule has 108 valence electrons. The Bertz CT molecular complexity index is 520. The molecule has 0 aliphatic rings. The normalized spacial score (nSPS) is 12.1. The van der Waals surface area contributed by atoms with Gasteiger partial charge in [0, 0.05) is 31.2 Å². The van der Waals surface area contributed by atoms with Crippen molar-refractivity contribution >= 4 is 26.0 Å². The van der Waals surface area contributed by atoms with Gasteiger partial charge in [-0.1, -0.05) is 13.0 Å². The molecule has 0 amide bonds. The molecule has 7 heteroatoms. The van der Waals surface area contributed by atoms with Crippen molar-refractivity contribution in [3.05, 3.63) is 28.2 Å². The first kappa shape index (κ1) is 16.6. The molecule has 0 aliphatic carbocycles. The Morgan fingerprint density at radius 2 is 2.11 bits per heavy atom. The van der Waals surface area contributed by atoms with E-state index >= 15 is 0 Å². The maximum absolute atomic E-state index is 12.5. The summed E-state index contributed by atoms with van der Waals surface area (Å²) in [6.07, 6.45) is 0. The van der Waals surface area contributed by atoms with Gasteiger partial charge in [0.2, 0.25) is 10.0 Å². The van der Waals surface area contributed by atoms with Crippen molar-refractivity contribution in [2.24, 2.45) is 5.73 Å². The Morgan fingerprint density at radius 1 is 1.42 bits per heavy atom. The first-order valence-electron chi connectivity index (χ1n) is 5.95. The van der Waals surface area contributed by atoms with Gasteiger partial charge in [-0.15, -0.1) is 0 Å².